The molecule has 34 heavy (non-hydrogen) atoms. The monoisotopic (exact) mass is 484 g/mol. The number of rotatable bonds is 8. The standard InChI is InChI=1S/C28H37ClN2O3/c1-18(2)23(17-31(19(3)32)25-12-10-21(16-30-25)26(33)34)28(7,8)22-11-9-20(24(29)15-22)13-14-27(4,5)6/h9-12,15-18H,13-14H2,1-8H3,(H,33,34)/b23-17-. The lowest BCUT2D eigenvalue weighted by atomic mass is 9.73. The van der Waals surface area contributed by atoms with Gasteiger partial charge >= 0.3 is 5.97 Å². The number of carbonyl (C=O) groups is 2. The third-order valence-corrected chi connectivity index (χ3v) is 6.46. The molecule has 5 nitrogen and oxygen atoms in total. The van der Waals surface area contributed by atoms with Gasteiger partial charge in [0, 0.05) is 29.8 Å². The summed E-state index contributed by atoms with van der Waals surface area (Å²) in [6.07, 6.45) is 5.06. The van der Waals surface area contributed by atoms with Crippen LogP contribution in [0.2, 0.25) is 5.02 Å². The van der Waals surface area contributed by atoms with Crippen LogP contribution in [0.25, 0.3) is 0 Å². The first-order valence-corrected chi connectivity index (χ1v) is 12.0. The number of carboxylic acid groups (broad SMARTS) is 1. The van der Waals surface area contributed by atoms with Crippen molar-refractivity contribution in [1.82, 2.24) is 4.98 Å². The van der Waals surface area contributed by atoms with Crippen LogP contribution in [-0.2, 0) is 16.6 Å². The number of halogens is 1. The van der Waals surface area contributed by atoms with Crippen LogP contribution < -0.4 is 4.90 Å². The van der Waals surface area contributed by atoms with Crippen molar-refractivity contribution in [2.24, 2.45) is 11.3 Å². The van der Waals surface area contributed by atoms with Gasteiger partial charge in [0.15, 0.2) is 0 Å². The second-order valence-corrected chi connectivity index (χ2v) is 11.2. The summed E-state index contributed by atoms with van der Waals surface area (Å²) in [5.74, 6) is -0.757. The molecule has 1 N–H and O–H groups in total. The van der Waals surface area contributed by atoms with Crippen LogP contribution >= 0.6 is 11.6 Å². The van der Waals surface area contributed by atoms with Crippen molar-refractivity contribution in [3.8, 4) is 0 Å². The lowest BCUT2D eigenvalue weighted by Crippen LogP contribution is -2.30. The van der Waals surface area contributed by atoms with E-state index in [-0.39, 0.29) is 22.8 Å². The highest BCUT2D eigenvalue weighted by atomic mass is 35.5. The Labute approximate surface area is 208 Å². The molecule has 0 atom stereocenters. The first kappa shape index (κ1) is 27.6. The van der Waals surface area contributed by atoms with Crippen molar-refractivity contribution in [1.29, 1.82) is 0 Å². The predicted octanol–water partition coefficient (Wildman–Crippen LogP) is 7.28. The quantitative estimate of drug-likeness (QED) is 0.427. The highest BCUT2D eigenvalue weighted by Crippen LogP contribution is 2.38. The molecule has 1 aromatic carbocycles. The minimum absolute atomic E-state index is 0.0711. The molecule has 0 aliphatic rings. The average Bonchev–Trinajstić information content (AvgIpc) is 2.72. The summed E-state index contributed by atoms with van der Waals surface area (Å²) in [6, 6.07) is 9.27. The first-order chi connectivity index (χ1) is 15.6. The average molecular weight is 485 g/mol. The molecule has 0 unspecified atom stereocenters. The molecule has 0 aliphatic carbocycles. The Bertz CT molecular complexity index is 1060. The molecule has 0 saturated heterocycles. The molecule has 1 amide bonds. The largest absolute Gasteiger partial charge is 0.478 e. The van der Waals surface area contributed by atoms with Crippen LogP contribution in [0.5, 0.6) is 0 Å². The second kappa shape index (κ2) is 10.7. The molecule has 0 spiro atoms. The molecular weight excluding hydrogens is 448 g/mol. The molecule has 0 saturated carbocycles. The normalized spacial score (nSPS) is 12.7. The number of benzene rings is 1. The number of hydrogen-bond donors (Lipinski definition) is 1. The Morgan fingerprint density at radius 1 is 1.12 bits per heavy atom. The summed E-state index contributed by atoms with van der Waals surface area (Å²) in [6.45, 7) is 16.6. The maximum atomic E-state index is 12.5. The summed E-state index contributed by atoms with van der Waals surface area (Å²) in [5.41, 5.74) is 3.14. The number of anilines is 1. The minimum Gasteiger partial charge on any atom is -0.478 e. The Hall–Kier alpha value is -2.66. The number of allylic oxidation sites excluding steroid dienone is 1. The third kappa shape index (κ3) is 6.92. The van der Waals surface area contributed by atoms with Crippen LogP contribution in [0.3, 0.4) is 0 Å². The Morgan fingerprint density at radius 3 is 2.21 bits per heavy atom. The summed E-state index contributed by atoms with van der Waals surface area (Å²) < 4.78 is 0. The van der Waals surface area contributed by atoms with Crippen molar-refractivity contribution in [3.63, 3.8) is 0 Å². The molecule has 184 valence electrons. The molecular formula is C28H37ClN2O3. The van der Waals surface area contributed by atoms with Crippen molar-refractivity contribution in [2.45, 2.75) is 73.6 Å². The summed E-state index contributed by atoms with van der Waals surface area (Å²) in [4.78, 5) is 29.4. The van der Waals surface area contributed by atoms with Gasteiger partial charge in [0.2, 0.25) is 5.91 Å². The van der Waals surface area contributed by atoms with E-state index in [0.717, 1.165) is 34.6 Å². The van der Waals surface area contributed by atoms with E-state index in [9.17, 15) is 9.59 Å². The zero-order valence-corrected chi connectivity index (χ0v) is 22.3. The zero-order chi connectivity index (χ0) is 25.8. The van der Waals surface area contributed by atoms with Gasteiger partial charge in [0.25, 0.3) is 0 Å². The zero-order valence-electron chi connectivity index (χ0n) is 21.6. The van der Waals surface area contributed by atoms with E-state index in [4.69, 9.17) is 16.7 Å². The molecule has 0 radical (unpaired) electrons. The second-order valence-electron chi connectivity index (χ2n) is 10.8. The summed E-state index contributed by atoms with van der Waals surface area (Å²) in [7, 11) is 0. The first-order valence-electron chi connectivity index (χ1n) is 11.6. The van der Waals surface area contributed by atoms with E-state index in [2.05, 4.69) is 65.6 Å². The lowest BCUT2D eigenvalue weighted by molar-refractivity contribution is -0.116. The number of carboxylic acids is 1. The van der Waals surface area contributed by atoms with E-state index >= 15 is 0 Å². The van der Waals surface area contributed by atoms with Crippen molar-refractivity contribution in [2.75, 3.05) is 4.90 Å². The van der Waals surface area contributed by atoms with Gasteiger partial charge in [0.05, 0.1) is 5.56 Å². The Balaban J connectivity index is 2.47. The molecule has 1 heterocycles. The number of aromatic nitrogens is 1. The van der Waals surface area contributed by atoms with Gasteiger partial charge in [-0.15, -0.1) is 0 Å². The highest BCUT2D eigenvalue weighted by molar-refractivity contribution is 6.31. The third-order valence-electron chi connectivity index (χ3n) is 6.11. The van der Waals surface area contributed by atoms with Crippen molar-refractivity contribution < 1.29 is 14.7 Å². The van der Waals surface area contributed by atoms with Gasteiger partial charge in [-0.05, 0) is 59.1 Å². The number of nitrogens with zero attached hydrogens (tertiary/aromatic N) is 2. The molecule has 6 heteroatoms. The van der Waals surface area contributed by atoms with Crippen LogP contribution in [0.4, 0.5) is 5.82 Å². The smallest absolute Gasteiger partial charge is 0.337 e. The predicted molar refractivity (Wildman–Crippen MR) is 140 cm³/mol. The van der Waals surface area contributed by atoms with Gasteiger partial charge in [-0.3, -0.25) is 9.69 Å². The summed E-state index contributed by atoms with van der Waals surface area (Å²) in [5, 5.41) is 9.90. The highest BCUT2D eigenvalue weighted by Gasteiger charge is 2.30. The van der Waals surface area contributed by atoms with Gasteiger partial charge in [-0.25, -0.2) is 9.78 Å². The van der Waals surface area contributed by atoms with Crippen LogP contribution in [-0.4, -0.2) is 22.0 Å². The number of aryl methyl sites for hydroxylation is 1. The number of pyridine rings is 1. The van der Waals surface area contributed by atoms with Gasteiger partial charge in [0.1, 0.15) is 5.82 Å². The van der Waals surface area contributed by atoms with Gasteiger partial charge < -0.3 is 5.11 Å². The molecule has 0 bridgehead atoms. The molecule has 0 aliphatic heterocycles. The SMILES string of the molecule is CC(=O)N(/C=C(/C(C)C)C(C)(C)c1ccc(CCC(C)(C)C)c(Cl)c1)c1ccc(C(=O)O)cn1. The summed E-state index contributed by atoms with van der Waals surface area (Å²) >= 11 is 6.70. The maximum absolute atomic E-state index is 12.5. The van der Waals surface area contributed by atoms with Crippen molar-refractivity contribution in [3.05, 3.63) is 70.0 Å². The van der Waals surface area contributed by atoms with Crippen LogP contribution in [0.1, 0.15) is 83.3 Å². The Morgan fingerprint density at radius 2 is 1.76 bits per heavy atom. The number of hydrogen-bond acceptors (Lipinski definition) is 3. The number of aromatic carboxylic acids is 1. The van der Waals surface area contributed by atoms with E-state index in [0.29, 0.717) is 5.82 Å². The maximum Gasteiger partial charge on any atom is 0.337 e. The van der Waals surface area contributed by atoms with Crippen LogP contribution in [0, 0.1) is 11.3 Å². The molecule has 1 aromatic heterocycles. The molecule has 2 aromatic rings. The van der Waals surface area contributed by atoms with Gasteiger partial charge in [-0.1, -0.05) is 72.2 Å². The van der Waals surface area contributed by atoms with E-state index in [1.54, 1.807) is 6.07 Å². The fourth-order valence-corrected chi connectivity index (χ4v) is 4.23. The van der Waals surface area contributed by atoms with Gasteiger partial charge in [-0.2, -0.15) is 0 Å². The number of carbonyl (C=O) groups excluding carboxylic acids is 1. The molecule has 0 fully saturated rings. The van der Waals surface area contributed by atoms with Crippen molar-refractivity contribution >= 4 is 29.3 Å². The van der Waals surface area contributed by atoms with E-state index in [1.807, 2.05) is 12.3 Å². The number of amides is 1. The van der Waals surface area contributed by atoms with E-state index in [1.165, 1.54) is 24.1 Å². The Kier molecular flexibility index (Phi) is 8.70. The lowest BCUT2D eigenvalue weighted by Gasteiger charge is -2.33. The van der Waals surface area contributed by atoms with Crippen LogP contribution in [0.15, 0.2) is 48.3 Å². The fourth-order valence-electron chi connectivity index (χ4n) is 3.96. The fraction of sp³-hybridized carbons (Fsp3) is 0.464. The van der Waals surface area contributed by atoms with E-state index < -0.39 is 11.4 Å². The topological polar surface area (TPSA) is 70.5 Å². The molecule has 2 rings (SSSR count). The minimum atomic E-state index is -1.06.